The summed E-state index contributed by atoms with van der Waals surface area (Å²) >= 11 is 6.11. The van der Waals surface area contributed by atoms with Gasteiger partial charge in [0.05, 0.1) is 12.6 Å². The Morgan fingerprint density at radius 3 is 2.41 bits per heavy atom. The van der Waals surface area contributed by atoms with E-state index >= 15 is 0 Å². The predicted molar refractivity (Wildman–Crippen MR) is 157 cm³/mol. The Balaban J connectivity index is 1.86. The monoisotopic (exact) mass is 579 g/mol. The number of carbonyl (C=O) groups excluding carboxylic acids is 1. The third kappa shape index (κ3) is 6.77. The van der Waals surface area contributed by atoms with Crippen molar-refractivity contribution in [1.29, 1.82) is 0 Å². The highest BCUT2D eigenvalue weighted by Crippen LogP contribution is 2.29. The fourth-order valence-corrected chi connectivity index (χ4v) is 4.92. The second-order valence-electron chi connectivity index (χ2n) is 10.3. The Morgan fingerprint density at radius 2 is 1.80 bits per heavy atom. The molecule has 4 aromatic rings. The molecule has 2 heterocycles. The van der Waals surface area contributed by atoms with Gasteiger partial charge in [-0.2, -0.15) is 4.98 Å². The molecule has 2 amide bonds. The molecule has 0 aliphatic rings. The minimum Gasteiger partial charge on any atom is -0.465 e. The molecule has 1 atom stereocenters. The van der Waals surface area contributed by atoms with Crippen LogP contribution in [0.4, 0.5) is 4.79 Å². The summed E-state index contributed by atoms with van der Waals surface area (Å²) in [6.07, 6.45) is -0.332. The largest absolute Gasteiger partial charge is 0.465 e. The Bertz CT molecular complexity index is 1580. The minimum absolute atomic E-state index is 0.0658. The summed E-state index contributed by atoms with van der Waals surface area (Å²) in [7, 11) is 0. The van der Waals surface area contributed by atoms with E-state index in [4.69, 9.17) is 26.2 Å². The Hall–Kier alpha value is -4.18. The summed E-state index contributed by atoms with van der Waals surface area (Å²) in [6, 6.07) is 13.8. The van der Waals surface area contributed by atoms with E-state index < -0.39 is 12.1 Å². The highest BCUT2D eigenvalue weighted by molar-refractivity contribution is 6.30. The van der Waals surface area contributed by atoms with Crippen LogP contribution in [0.3, 0.4) is 0 Å². The highest BCUT2D eigenvalue weighted by Gasteiger charge is 2.31. The van der Waals surface area contributed by atoms with Crippen LogP contribution in [0.2, 0.25) is 5.02 Å². The number of aromatic nitrogens is 3. The van der Waals surface area contributed by atoms with Crippen molar-refractivity contribution < 1.29 is 19.2 Å². The SMILES string of the molecule is CCC(c1nc2onc(C(C)C)c2c(=O)n1Cc1ccc(Cl)cc1)N(CCCNC(=O)O)C(=O)c1ccc(C)cc1. The van der Waals surface area contributed by atoms with Gasteiger partial charge in [0.2, 0.25) is 0 Å². The fraction of sp³-hybridized carbons (Fsp3) is 0.367. The van der Waals surface area contributed by atoms with E-state index in [-0.39, 0.29) is 42.7 Å². The summed E-state index contributed by atoms with van der Waals surface area (Å²) in [5, 5.41) is 16.4. The highest BCUT2D eigenvalue weighted by atomic mass is 35.5. The maximum atomic E-state index is 14.1. The predicted octanol–water partition coefficient (Wildman–Crippen LogP) is 5.77. The summed E-state index contributed by atoms with van der Waals surface area (Å²) < 4.78 is 7.12. The molecule has 0 aliphatic carbocycles. The molecular weight excluding hydrogens is 546 g/mol. The molecule has 0 radical (unpaired) electrons. The molecule has 4 rings (SSSR count). The van der Waals surface area contributed by atoms with Gasteiger partial charge >= 0.3 is 6.09 Å². The van der Waals surface area contributed by atoms with Crippen LogP contribution in [0.5, 0.6) is 0 Å². The number of aryl methyl sites for hydroxylation is 1. The first-order chi connectivity index (χ1) is 19.6. The van der Waals surface area contributed by atoms with Crippen LogP contribution < -0.4 is 10.9 Å². The van der Waals surface area contributed by atoms with Gasteiger partial charge in [-0.25, -0.2) is 4.79 Å². The quantitative estimate of drug-likeness (QED) is 0.216. The lowest BCUT2D eigenvalue weighted by atomic mass is 10.1. The van der Waals surface area contributed by atoms with Gasteiger partial charge in [-0.3, -0.25) is 14.2 Å². The molecule has 2 aromatic carbocycles. The van der Waals surface area contributed by atoms with Gasteiger partial charge in [0.15, 0.2) is 0 Å². The van der Waals surface area contributed by atoms with Crippen LogP contribution in [0.15, 0.2) is 57.8 Å². The average molecular weight is 580 g/mol. The first-order valence-corrected chi connectivity index (χ1v) is 14.0. The van der Waals surface area contributed by atoms with Crippen molar-refractivity contribution in [3.63, 3.8) is 0 Å². The third-order valence-corrected chi connectivity index (χ3v) is 7.18. The van der Waals surface area contributed by atoms with E-state index in [1.807, 2.05) is 52.0 Å². The lowest BCUT2D eigenvalue weighted by Gasteiger charge is -2.32. The van der Waals surface area contributed by atoms with Crippen LogP contribution in [-0.4, -0.2) is 49.8 Å². The topological polar surface area (TPSA) is 131 Å². The van der Waals surface area contributed by atoms with Gasteiger partial charge in [-0.05, 0) is 55.5 Å². The molecule has 0 saturated heterocycles. The number of amides is 2. The molecule has 0 saturated carbocycles. The van der Waals surface area contributed by atoms with E-state index in [0.717, 1.165) is 11.1 Å². The number of nitrogens with one attached hydrogen (secondary N) is 1. The summed E-state index contributed by atoms with van der Waals surface area (Å²) in [6.45, 7) is 8.29. The number of benzene rings is 2. The summed E-state index contributed by atoms with van der Waals surface area (Å²) in [4.78, 5) is 45.5. The summed E-state index contributed by atoms with van der Waals surface area (Å²) in [5.74, 6) is 0.0435. The summed E-state index contributed by atoms with van der Waals surface area (Å²) in [5.41, 5.74) is 2.66. The maximum Gasteiger partial charge on any atom is 0.404 e. The molecule has 11 heteroatoms. The van der Waals surface area contributed by atoms with Crippen LogP contribution in [-0.2, 0) is 6.54 Å². The van der Waals surface area contributed by atoms with Crippen molar-refractivity contribution in [2.45, 2.75) is 59.0 Å². The number of hydrogen-bond acceptors (Lipinski definition) is 6. The molecule has 0 fully saturated rings. The molecule has 1 unspecified atom stereocenters. The molecule has 0 bridgehead atoms. The number of halogens is 1. The van der Waals surface area contributed by atoms with E-state index in [1.54, 1.807) is 33.7 Å². The first kappa shape index (κ1) is 29.8. The van der Waals surface area contributed by atoms with Crippen molar-refractivity contribution in [2.75, 3.05) is 13.1 Å². The Labute approximate surface area is 242 Å². The zero-order chi connectivity index (χ0) is 29.7. The van der Waals surface area contributed by atoms with Crippen molar-refractivity contribution in [3.8, 4) is 0 Å². The van der Waals surface area contributed by atoms with Crippen LogP contribution in [0, 0.1) is 6.92 Å². The standard InChI is InChI=1S/C30H34ClN5O5/c1-5-23(35(16-6-15-32-30(39)40)28(37)21-11-7-19(4)8-12-21)26-33-27-24(25(18(2)3)34-41-27)29(38)36(26)17-20-9-13-22(31)14-10-20/h7-14,18,23,32H,5-6,15-17H2,1-4H3,(H,39,40). The van der Waals surface area contributed by atoms with E-state index in [9.17, 15) is 14.4 Å². The van der Waals surface area contributed by atoms with Crippen molar-refractivity contribution in [2.24, 2.45) is 0 Å². The van der Waals surface area contributed by atoms with Crippen molar-refractivity contribution in [1.82, 2.24) is 24.9 Å². The third-order valence-electron chi connectivity index (χ3n) is 6.93. The second-order valence-corrected chi connectivity index (χ2v) is 10.7. The van der Waals surface area contributed by atoms with Crippen LogP contribution >= 0.6 is 11.6 Å². The lowest BCUT2D eigenvalue weighted by molar-refractivity contribution is 0.0654. The van der Waals surface area contributed by atoms with E-state index in [2.05, 4.69) is 10.5 Å². The molecule has 2 aromatic heterocycles. The van der Waals surface area contributed by atoms with Crippen molar-refractivity contribution >= 4 is 34.7 Å². The number of fused-ring (bicyclic) bond motifs is 1. The van der Waals surface area contributed by atoms with E-state index in [1.165, 1.54) is 0 Å². The van der Waals surface area contributed by atoms with Gasteiger partial charge in [0, 0.05) is 23.7 Å². The average Bonchev–Trinajstić information content (AvgIpc) is 3.38. The molecular formula is C30H34ClN5O5. The number of hydrogen-bond donors (Lipinski definition) is 2. The van der Waals surface area contributed by atoms with Gasteiger partial charge in [0.25, 0.3) is 17.2 Å². The zero-order valence-electron chi connectivity index (χ0n) is 23.6. The number of rotatable bonds is 11. The molecule has 216 valence electrons. The fourth-order valence-electron chi connectivity index (χ4n) is 4.80. The molecule has 0 aliphatic heterocycles. The smallest absolute Gasteiger partial charge is 0.404 e. The Kier molecular flexibility index (Phi) is 9.44. The molecule has 0 spiro atoms. The molecule has 2 N–H and O–H groups in total. The minimum atomic E-state index is -1.14. The van der Waals surface area contributed by atoms with Crippen molar-refractivity contribution in [3.05, 3.63) is 92.1 Å². The normalized spacial score (nSPS) is 12.0. The van der Waals surface area contributed by atoms with Gasteiger partial charge in [0.1, 0.15) is 16.9 Å². The lowest BCUT2D eigenvalue weighted by Crippen LogP contribution is -2.40. The first-order valence-electron chi connectivity index (χ1n) is 13.6. The number of nitrogens with zero attached hydrogens (tertiary/aromatic N) is 4. The zero-order valence-corrected chi connectivity index (χ0v) is 24.3. The number of carboxylic acid groups (broad SMARTS) is 1. The second kappa shape index (κ2) is 13.0. The van der Waals surface area contributed by atoms with Gasteiger partial charge in [-0.15, -0.1) is 0 Å². The molecule has 10 nitrogen and oxygen atoms in total. The maximum absolute atomic E-state index is 14.1. The molecule has 41 heavy (non-hydrogen) atoms. The van der Waals surface area contributed by atoms with Crippen LogP contribution in [0.25, 0.3) is 11.1 Å². The van der Waals surface area contributed by atoms with Gasteiger partial charge < -0.3 is 19.8 Å². The Morgan fingerprint density at radius 1 is 1.12 bits per heavy atom. The van der Waals surface area contributed by atoms with E-state index in [0.29, 0.717) is 40.3 Å². The van der Waals surface area contributed by atoms with Crippen LogP contribution in [0.1, 0.15) is 78.6 Å². The van der Waals surface area contributed by atoms with Gasteiger partial charge in [-0.1, -0.05) is 67.4 Å². The number of carbonyl (C=O) groups is 2.